The first-order valence-electron chi connectivity index (χ1n) is 6.75. The lowest BCUT2D eigenvalue weighted by Crippen LogP contribution is -2.06. The summed E-state index contributed by atoms with van der Waals surface area (Å²) >= 11 is 0. The van der Waals surface area contributed by atoms with Crippen molar-refractivity contribution in [1.29, 1.82) is 0 Å². The standard InChI is InChI=1S/C17H18O4/c1-12(18)13-7-4-8-16(9-13)21-11-15-6-3-2-5-14(15)10-17(19)20/h2-9,12,18H,10-11H2,1H3,(H,19,20)/t12-/m0/s1. The van der Waals surface area contributed by atoms with Crippen LogP contribution in [0.5, 0.6) is 5.75 Å². The molecule has 4 heteroatoms. The van der Waals surface area contributed by atoms with Crippen molar-refractivity contribution < 1.29 is 19.7 Å². The third kappa shape index (κ3) is 4.33. The lowest BCUT2D eigenvalue weighted by Gasteiger charge is -2.11. The Morgan fingerprint density at radius 1 is 1.14 bits per heavy atom. The molecule has 1 atom stereocenters. The molecule has 0 heterocycles. The number of aliphatic hydroxyl groups excluding tert-OH is 1. The van der Waals surface area contributed by atoms with Crippen LogP contribution in [0.3, 0.4) is 0 Å². The largest absolute Gasteiger partial charge is 0.489 e. The summed E-state index contributed by atoms with van der Waals surface area (Å²) < 4.78 is 5.70. The third-order valence-corrected chi connectivity index (χ3v) is 3.19. The molecule has 2 N–H and O–H groups in total. The molecular formula is C17H18O4. The van der Waals surface area contributed by atoms with Crippen LogP contribution in [0, 0.1) is 0 Å². The van der Waals surface area contributed by atoms with Gasteiger partial charge in [-0.2, -0.15) is 0 Å². The number of hydrogen-bond acceptors (Lipinski definition) is 3. The molecule has 0 aliphatic carbocycles. The van der Waals surface area contributed by atoms with Gasteiger partial charge in [-0.05, 0) is 35.7 Å². The molecule has 0 amide bonds. The fraction of sp³-hybridized carbons (Fsp3) is 0.235. The van der Waals surface area contributed by atoms with E-state index in [9.17, 15) is 9.90 Å². The summed E-state index contributed by atoms with van der Waals surface area (Å²) in [6.07, 6.45) is -0.569. The Morgan fingerprint density at radius 2 is 1.86 bits per heavy atom. The lowest BCUT2D eigenvalue weighted by molar-refractivity contribution is -0.136. The van der Waals surface area contributed by atoms with E-state index in [1.807, 2.05) is 36.4 Å². The fourth-order valence-corrected chi connectivity index (χ4v) is 2.06. The molecule has 0 unspecified atom stereocenters. The molecule has 0 bridgehead atoms. The second kappa shape index (κ2) is 6.90. The summed E-state index contributed by atoms with van der Waals surface area (Å²) in [6.45, 7) is 1.99. The zero-order valence-corrected chi connectivity index (χ0v) is 11.8. The van der Waals surface area contributed by atoms with Crippen molar-refractivity contribution in [3.63, 3.8) is 0 Å². The number of carbonyl (C=O) groups is 1. The van der Waals surface area contributed by atoms with Gasteiger partial charge in [-0.1, -0.05) is 36.4 Å². The predicted molar refractivity (Wildman–Crippen MR) is 79.2 cm³/mol. The van der Waals surface area contributed by atoms with Crippen molar-refractivity contribution in [2.45, 2.75) is 26.1 Å². The molecule has 2 aromatic carbocycles. The van der Waals surface area contributed by atoms with Crippen LogP contribution in [0.2, 0.25) is 0 Å². The summed E-state index contributed by atoms with van der Waals surface area (Å²) in [5.74, 6) is -0.211. The summed E-state index contributed by atoms with van der Waals surface area (Å²) in [5.41, 5.74) is 2.38. The Labute approximate surface area is 123 Å². The van der Waals surface area contributed by atoms with Crippen LogP contribution in [0.1, 0.15) is 29.7 Å². The molecule has 0 saturated carbocycles. The molecule has 0 aliphatic heterocycles. The van der Waals surface area contributed by atoms with Crippen LogP contribution in [0.25, 0.3) is 0 Å². The van der Waals surface area contributed by atoms with Gasteiger partial charge in [-0.3, -0.25) is 4.79 Å². The number of ether oxygens (including phenoxy) is 1. The van der Waals surface area contributed by atoms with Crippen molar-refractivity contribution in [2.75, 3.05) is 0 Å². The van der Waals surface area contributed by atoms with E-state index in [0.29, 0.717) is 12.4 Å². The van der Waals surface area contributed by atoms with E-state index in [2.05, 4.69) is 0 Å². The number of aliphatic carboxylic acids is 1. The number of carboxylic acids is 1. The van der Waals surface area contributed by atoms with Gasteiger partial charge in [0.15, 0.2) is 0 Å². The van der Waals surface area contributed by atoms with Gasteiger partial charge >= 0.3 is 5.97 Å². The first kappa shape index (κ1) is 15.1. The maximum absolute atomic E-state index is 10.8. The summed E-state index contributed by atoms with van der Waals surface area (Å²) in [6, 6.07) is 14.6. The smallest absolute Gasteiger partial charge is 0.307 e. The van der Waals surface area contributed by atoms with Crippen LogP contribution in [0.15, 0.2) is 48.5 Å². The van der Waals surface area contributed by atoms with E-state index in [4.69, 9.17) is 9.84 Å². The van der Waals surface area contributed by atoms with Gasteiger partial charge in [0, 0.05) is 0 Å². The van der Waals surface area contributed by atoms with Crippen LogP contribution in [-0.4, -0.2) is 16.2 Å². The van der Waals surface area contributed by atoms with E-state index in [1.165, 1.54) is 0 Å². The first-order chi connectivity index (χ1) is 10.1. The number of rotatable bonds is 6. The van der Waals surface area contributed by atoms with Crippen molar-refractivity contribution >= 4 is 5.97 Å². The monoisotopic (exact) mass is 286 g/mol. The minimum Gasteiger partial charge on any atom is -0.489 e. The predicted octanol–water partition coefficient (Wildman–Crippen LogP) is 2.95. The molecule has 0 saturated heterocycles. The maximum Gasteiger partial charge on any atom is 0.307 e. The second-order valence-corrected chi connectivity index (χ2v) is 4.88. The van der Waals surface area contributed by atoms with E-state index in [1.54, 1.807) is 19.1 Å². The Kier molecular flexibility index (Phi) is 4.95. The second-order valence-electron chi connectivity index (χ2n) is 4.88. The van der Waals surface area contributed by atoms with Crippen molar-refractivity contribution in [1.82, 2.24) is 0 Å². The van der Waals surface area contributed by atoms with Crippen LogP contribution in [0.4, 0.5) is 0 Å². The number of benzene rings is 2. The topological polar surface area (TPSA) is 66.8 Å². The van der Waals surface area contributed by atoms with Gasteiger partial charge in [0.1, 0.15) is 12.4 Å². The van der Waals surface area contributed by atoms with Gasteiger partial charge in [-0.15, -0.1) is 0 Å². The SMILES string of the molecule is C[C@H](O)c1cccc(OCc2ccccc2CC(=O)O)c1. The van der Waals surface area contributed by atoms with E-state index >= 15 is 0 Å². The Morgan fingerprint density at radius 3 is 2.52 bits per heavy atom. The number of aliphatic hydroxyl groups is 1. The van der Waals surface area contributed by atoms with Crippen molar-refractivity contribution in [3.05, 3.63) is 65.2 Å². The van der Waals surface area contributed by atoms with Gasteiger partial charge in [-0.25, -0.2) is 0 Å². The van der Waals surface area contributed by atoms with Crippen LogP contribution >= 0.6 is 0 Å². The van der Waals surface area contributed by atoms with E-state index in [-0.39, 0.29) is 6.42 Å². The third-order valence-electron chi connectivity index (χ3n) is 3.19. The van der Waals surface area contributed by atoms with Crippen molar-refractivity contribution in [2.24, 2.45) is 0 Å². The maximum atomic E-state index is 10.8. The van der Waals surface area contributed by atoms with Crippen LogP contribution < -0.4 is 4.74 Å². The summed E-state index contributed by atoms with van der Waals surface area (Å²) in [7, 11) is 0. The van der Waals surface area contributed by atoms with E-state index < -0.39 is 12.1 Å². The molecule has 2 aromatic rings. The average Bonchev–Trinajstić information content (AvgIpc) is 2.46. The number of hydrogen-bond donors (Lipinski definition) is 2. The molecule has 0 fully saturated rings. The molecule has 4 nitrogen and oxygen atoms in total. The Bertz CT molecular complexity index is 620. The molecule has 0 aliphatic rings. The highest BCUT2D eigenvalue weighted by Crippen LogP contribution is 2.20. The molecule has 0 spiro atoms. The Balaban J connectivity index is 2.09. The highest BCUT2D eigenvalue weighted by Gasteiger charge is 2.07. The first-order valence-corrected chi connectivity index (χ1v) is 6.75. The highest BCUT2D eigenvalue weighted by atomic mass is 16.5. The average molecular weight is 286 g/mol. The molecule has 0 aromatic heterocycles. The van der Waals surface area contributed by atoms with Gasteiger partial charge in [0.05, 0.1) is 12.5 Å². The van der Waals surface area contributed by atoms with Crippen molar-refractivity contribution in [3.8, 4) is 5.75 Å². The molecule has 2 rings (SSSR count). The van der Waals surface area contributed by atoms with Crippen LogP contribution in [-0.2, 0) is 17.8 Å². The highest BCUT2D eigenvalue weighted by molar-refractivity contribution is 5.70. The fourth-order valence-electron chi connectivity index (χ4n) is 2.06. The van der Waals surface area contributed by atoms with Gasteiger partial charge < -0.3 is 14.9 Å². The summed E-state index contributed by atoms with van der Waals surface area (Å²) in [4.78, 5) is 10.8. The quantitative estimate of drug-likeness (QED) is 0.856. The minimum absolute atomic E-state index is 0.0206. The molecule has 0 radical (unpaired) electrons. The van der Waals surface area contributed by atoms with Gasteiger partial charge in [0.25, 0.3) is 0 Å². The lowest BCUT2D eigenvalue weighted by atomic mass is 10.1. The number of carboxylic acid groups (broad SMARTS) is 1. The summed E-state index contributed by atoms with van der Waals surface area (Å²) in [5, 5.41) is 18.5. The zero-order chi connectivity index (χ0) is 15.2. The molecule has 110 valence electrons. The minimum atomic E-state index is -0.862. The zero-order valence-electron chi connectivity index (χ0n) is 11.8. The Hall–Kier alpha value is -2.33. The van der Waals surface area contributed by atoms with Gasteiger partial charge in [0.2, 0.25) is 0 Å². The molecular weight excluding hydrogens is 268 g/mol. The normalized spacial score (nSPS) is 11.9. The van der Waals surface area contributed by atoms with E-state index in [0.717, 1.165) is 16.7 Å². The molecule has 21 heavy (non-hydrogen) atoms.